The van der Waals surface area contributed by atoms with Gasteiger partial charge in [-0.25, -0.2) is 0 Å². The Morgan fingerprint density at radius 1 is 1.65 bits per heavy atom. The number of thiophene rings is 1. The predicted molar refractivity (Wildman–Crippen MR) is 77.7 cm³/mol. The average Bonchev–Trinajstić information content (AvgIpc) is 2.91. The van der Waals surface area contributed by atoms with E-state index in [0.29, 0.717) is 6.04 Å². The van der Waals surface area contributed by atoms with Gasteiger partial charge in [0.2, 0.25) is 0 Å². The van der Waals surface area contributed by atoms with Crippen LogP contribution in [0.1, 0.15) is 23.0 Å². The molecule has 0 bridgehead atoms. The lowest BCUT2D eigenvalue weighted by Gasteiger charge is -2.26. The summed E-state index contributed by atoms with van der Waals surface area (Å²) in [6.07, 6.45) is 1.05. The highest BCUT2D eigenvalue weighted by atomic mass is 79.9. The Morgan fingerprint density at radius 2 is 2.41 bits per heavy atom. The molecule has 1 aromatic rings. The van der Waals surface area contributed by atoms with E-state index in [4.69, 9.17) is 0 Å². The molecule has 2 heterocycles. The number of carbonyl (C=O) groups excluding carboxylic acids is 1. The van der Waals surface area contributed by atoms with Gasteiger partial charge in [0.15, 0.2) is 0 Å². The maximum atomic E-state index is 12.4. The molecule has 6 heteroatoms. The minimum Gasteiger partial charge on any atom is -0.334 e. The summed E-state index contributed by atoms with van der Waals surface area (Å²) in [5, 5.41) is 3.30. The number of halogens is 2. The van der Waals surface area contributed by atoms with E-state index >= 15 is 0 Å². The molecule has 1 aliphatic heterocycles. The van der Waals surface area contributed by atoms with Crippen LogP contribution in [0.3, 0.4) is 0 Å². The minimum absolute atomic E-state index is 0.137. The third-order valence-electron chi connectivity index (χ3n) is 2.93. The molecule has 3 nitrogen and oxygen atoms in total. The quantitative estimate of drug-likeness (QED) is 0.872. The Labute approximate surface area is 122 Å². The largest absolute Gasteiger partial charge is 0.334 e. The molecule has 0 spiro atoms. The standard InChI is InChI=1S/C11H14Br2N2OS/c1-2-15(7-3-4-14-6-7)11(16)9-5-8(12)10(13)17-9/h5,7,14H,2-4,6H2,1H3. The zero-order valence-electron chi connectivity index (χ0n) is 9.50. The monoisotopic (exact) mass is 380 g/mol. The molecule has 1 aromatic heterocycles. The third kappa shape index (κ3) is 2.92. The lowest BCUT2D eigenvalue weighted by molar-refractivity contribution is 0.0709. The molecule has 0 aromatic carbocycles. The predicted octanol–water partition coefficient (Wildman–Crippen LogP) is 3.10. The average molecular weight is 382 g/mol. The highest BCUT2D eigenvalue weighted by Gasteiger charge is 2.27. The fourth-order valence-electron chi connectivity index (χ4n) is 2.07. The van der Waals surface area contributed by atoms with Crippen molar-refractivity contribution >= 4 is 49.1 Å². The molecule has 1 aliphatic rings. The van der Waals surface area contributed by atoms with Crippen LogP contribution in [0.25, 0.3) is 0 Å². The van der Waals surface area contributed by atoms with Gasteiger partial charge in [-0.2, -0.15) is 0 Å². The molecule has 1 saturated heterocycles. The molecule has 1 N–H and O–H groups in total. The van der Waals surface area contributed by atoms with Gasteiger partial charge in [-0.3, -0.25) is 4.79 Å². The van der Waals surface area contributed by atoms with Crippen molar-refractivity contribution in [2.75, 3.05) is 19.6 Å². The van der Waals surface area contributed by atoms with Gasteiger partial charge in [0.05, 0.1) is 8.66 Å². The number of rotatable bonds is 3. The van der Waals surface area contributed by atoms with Crippen molar-refractivity contribution in [1.29, 1.82) is 0 Å². The Balaban J connectivity index is 2.16. The third-order valence-corrected chi connectivity index (χ3v) is 6.18. The molecule has 1 unspecified atom stereocenters. The van der Waals surface area contributed by atoms with Crippen LogP contribution in [0.15, 0.2) is 14.3 Å². The molecule has 0 saturated carbocycles. The molecular formula is C11H14Br2N2OS. The van der Waals surface area contributed by atoms with Crippen LogP contribution in [0.4, 0.5) is 0 Å². The first-order valence-electron chi connectivity index (χ1n) is 5.60. The summed E-state index contributed by atoms with van der Waals surface area (Å²) in [6.45, 7) is 4.71. The molecular weight excluding hydrogens is 368 g/mol. The highest BCUT2D eigenvalue weighted by molar-refractivity contribution is 9.13. The van der Waals surface area contributed by atoms with E-state index in [9.17, 15) is 4.79 Å². The van der Waals surface area contributed by atoms with Crippen molar-refractivity contribution in [1.82, 2.24) is 10.2 Å². The molecule has 17 heavy (non-hydrogen) atoms. The Hall–Kier alpha value is 0.0900. The van der Waals surface area contributed by atoms with E-state index < -0.39 is 0 Å². The highest BCUT2D eigenvalue weighted by Crippen LogP contribution is 2.33. The zero-order valence-corrected chi connectivity index (χ0v) is 13.5. The summed E-state index contributed by atoms with van der Waals surface area (Å²) < 4.78 is 1.92. The van der Waals surface area contributed by atoms with Gasteiger partial charge >= 0.3 is 0 Å². The molecule has 1 fully saturated rings. The SMILES string of the molecule is CCN(C(=O)c1cc(Br)c(Br)s1)C1CCNC1. The number of carbonyl (C=O) groups is 1. The summed E-state index contributed by atoms with van der Waals surface area (Å²) >= 11 is 8.33. The minimum atomic E-state index is 0.137. The molecule has 0 aliphatic carbocycles. The van der Waals surface area contributed by atoms with Crippen LogP contribution in [0.2, 0.25) is 0 Å². The first kappa shape index (κ1) is 13.5. The number of likely N-dealkylation sites (N-methyl/N-ethyl adjacent to an activating group) is 1. The van der Waals surface area contributed by atoms with E-state index in [1.807, 2.05) is 17.9 Å². The first-order chi connectivity index (χ1) is 8.13. The number of nitrogens with zero attached hydrogens (tertiary/aromatic N) is 1. The van der Waals surface area contributed by atoms with E-state index in [0.717, 1.165) is 39.2 Å². The van der Waals surface area contributed by atoms with Gasteiger partial charge in [-0.1, -0.05) is 0 Å². The van der Waals surface area contributed by atoms with Crippen LogP contribution in [0, 0.1) is 0 Å². The summed E-state index contributed by atoms with van der Waals surface area (Å²) in [6, 6.07) is 2.23. The summed E-state index contributed by atoms with van der Waals surface area (Å²) in [4.78, 5) is 15.1. The van der Waals surface area contributed by atoms with Gasteiger partial charge in [-0.05, 0) is 57.8 Å². The Kier molecular flexibility index (Phi) is 4.63. The molecule has 94 valence electrons. The van der Waals surface area contributed by atoms with Crippen LogP contribution >= 0.6 is 43.2 Å². The van der Waals surface area contributed by atoms with Crippen LogP contribution in [-0.4, -0.2) is 36.5 Å². The van der Waals surface area contributed by atoms with Crippen molar-refractivity contribution in [3.05, 3.63) is 19.2 Å². The fourth-order valence-corrected chi connectivity index (χ4v) is 4.06. The van der Waals surface area contributed by atoms with E-state index in [2.05, 4.69) is 37.2 Å². The summed E-state index contributed by atoms with van der Waals surface area (Å²) in [5.74, 6) is 0.137. The van der Waals surface area contributed by atoms with E-state index in [1.54, 1.807) is 0 Å². The number of nitrogens with one attached hydrogen (secondary N) is 1. The van der Waals surface area contributed by atoms with Crippen molar-refractivity contribution in [2.45, 2.75) is 19.4 Å². The lowest BCUT2D eigenvalue weighted by Crippen LogP contribution is -2.41. The van der Waals surface area contributed by atoms with Crippen LogP contribution < -0.4 is 5.32 Å². The second-order valence-corrected chi connectivity index (χ2v) is 7.19. The van der Waals surface area contributed by atoms with Crippen molar-refractivity contribution in [3.8, 4) is 0 Å². The summed E-state index contributed by atoms with van der Waals surface area (Å²) in [7, 11) is 0. The van der Waals surface area contributed by atoms with Gasteiger partial charge in [0, 0.05) is 23.6 Å². The van der Waals surface area contributed by atoms with Crippen molar-refractivity contribution in [3.63, 3.8) is 0 Å². The number of hydrogen-bond donors (Lipinski definition) is 1. The van der Waals surface area contributed by atoms with Crippen molar-refractivity contribution in [2.24, 2.45) is 0 Å². The van der Waals surface area contributed by atoms with Crippen LogP contribution in [0.5, 0.6) is 0 Å². The summed E-state index contributed by atoms with van der Waals surface area (Å²) in [5.41, 5.74) is 0. The molecule has 0 radical (unpaired) electrons. The smallest absolute Gasteiger partial charge is 0.264 e. The number of hydrogen-bond acceptors (Lipinski definition) is 3. The lowest BCUT2D eigenvalue weighted by atomic mass is 10.2. The number of amides is 1. The first-order valence-corrected chi connectivity index (χ1v) is 8.00. The van der Waals surface area contributed by atoms with Crippen LogP contribution in [-0.2, 0) is 0 Å². The van der Waals surface area contributed by atoms with Gasteiger partial charge < -0.3 is 10.2 Å². The molecule has 1 amide bonds. The zero-order chi connectivity index (χ0) is 12.4. The van der Waals surface area contributed by atoms with Gasteiger partial charge in [-0.15, -0.1) is 11.3 Å². The Morgan fingerprint density at radius 3 is 2.88 bits per heavy atom. The van der Waals surface area contributed by atoms with Crippen molar-refractivity contribution < 1.29 is 4.79 Å². The fraction of sp³-hybridized carbons (Fsp3) is 0.545. The second kappa shape index (κ2) is 5.82. The van der Waals surface area contributed by atoms with Gasteiger partial charge in [0.1, 0.15) is 0 Å². The maximum absolute atomic E-state index is 12.4. The topological polar surface area (TPSA) is 32.3 Å². The molecule has 2 rings (SSSR count). The molecule has 1 atom stereocenters. The van der Waals surface area contributed by atoms with E-state index in [-0.39, 0.29) is 5.91 Å². The maximum Gasteiger partial charge on any atom is 0.264 e. The normalized spacial score (nSPS) is 19.6. The second-order valence-electron chi connectivity index (χ2n) is 3.97. The van der Waals surface area contributed by atoms with Gasteiger partial charge in [0.25, 0.3) is 5.91 Å². The Bertz CT molecular complexity index is 396. The van der Waals surface area contributed by atoms with E-state index in [1.165, 1.54) is 11.3 Å².